The van der Waals surface area contributed by atoms with E-state index in [-0.39, 0.29) is 42.7 Å². The van der Waals surface area contributed by atoms with E-state index in [2.05, 4.69) is 211 Å². The topological polar surface area (TPSA) is 34.6 Å². The minimum atomic E-state index is -0.862. The number of aryl methyl sites for hydroxylation is 1. The van der Waals surface area contributed by atoms with Gasteiger partial charge in [0.1, 0.15) is 0 Å². The van der Waals surface area contributed by atoms with Crippen LogP contribution >= 0.6 is 0 Å². The summed E-state index contributed by atoms with van der Waals surface area (Å²) >= 11 is 0. The van der Waals surface area contributed by atoms with Gasteiger partial charge in [0.25, 0.3) is 0 Å². The van der Waals surface area contributed by atoms with Gasteiger partial charge in [-0.25, -0.2) is 0 Å². The molecule has 4 nitrogen and oxygen atoms in total. The summed E-state index contributed by atoms with van der Waals surface area (Å²) in [5, 5.41) is 0. The Hall–Kier alpha value is -5.70. The van der Waals surface area contributed by atoms with Crippen molar-refractivity contribution in [3.05, 3.63) is 226 Å². The second kappa shape index (κ2) is 15.9. The first-order chi connectivity index (χ1) is 31.1. The third kappa shape index (κ3) is 7.32. The molecule has 67 heavy (non-hydrogen) atoms. The molecule has 2 aliphatic carbocycles. The normalized spacial score (nSPS) is 14.8. The van der Waals surface area contributed by atoms with Crippen molar-refractivity contribution in [1.82, 2.24) is 14.5 Å². The maximum atomic E-state index is 6.22. The first-order valence-electron chi connectivity index (χ1n) is 23.5. The molecule has 0 N–H and O–H groups in total. The summed E-state index contributed by atoms with van der Waals surface area (Å²) < 4.78 is 3.99. The van der Waals surface area contributed by atoms with Gasteiger partial charge in [-0.2, -0.15) is 36.4 Å². The quantitative estimate of drug-likeness (QED) is 0.127. The maximum absolute atomic E-state index is 6.22. The number of aromatic nitrogens is 4. The number of nitrogens with zero attached hydrogens (tertiary/aromatic N) is 4. The summed E-state index contributed by atoms with van der Waals surface area (Å²) in [5.74, 6) is 0. The number of pyridine rings is 2. The molecule has 0 atom stereocenters. The molecule has 5 aromatic carbocycles. The van der Waals surface area contributed by atoms with Gasteiger partial charge in [0.2, 0.25) is 6.33 Å². The number of hydrogen-bond acceptors (Lipinski definition) is 2. The number of fused-ring (bicyclic) bond motifs is 6. The van der Waals surface area contributed by atoms with Crippen LogP contribution in [0.4, 0.5) is 0 Å². The molecule has 0 amide bonds. The zero-order valence-corrected chi connectivity index (χ0v) is 43.7. The van der Waals surface area contributed by atoms with Crippen LogP contribution in [0.2, 0.25) is 0 Å². The molecule has 0 saturated heterocycles. The monoisotopic (exact) mass is 1060 g/mol. The maximum Gasteiger partial charge on any atom is 0.241 e. The van der Waals surface area contributed by atoms with Crippen LogP contribution in [0.25, 0.3) is 27.9 Å². The van der Waals surface area contributed by atoms with Gasteiger partial charge in [-0.3, -0.25) is 4.98 Å². The molecule has 2 aliphatic rings. The molecule has 342 valence electrons. The van der Waals surface area contributed by atoms with Crippen molar-refractivity contribution in [3.63, 3.8) is 0 Å². The van der Waals surface area contributed by atoms with E-state index >= 15 is 0 Å². The number of imidazole rings is 1. The smallest absolute Gasteiger partial charge is 0.241 e. The van der Waals surface area contributed by atoms with Gasteiger partial charge in [-0.15, -0.1) is 11.1 Å². The Balaban J connectivity index is 0.00000562. The minimum Gasteiger partial charge on any atom is -0.391 e. The first kappa shape index (κ1) is 46.4. The molecule has 3 aromatic heterocycles. The van der Waals surface area contributed by atoms with Crippen molar-refractivity contribution in [2.45, 2.75) is 116 Å². The van der Waals surface area contributed by atoms with Gasteiger partial charge in [-0.05, 0) is 101 Å². The molecule has 8 aromatic rings. The summed E-state index contributed by atoms with van der Waals surface area (Å²) in [5.41, 5.74) is 17.6. The van der Waals surface area contributed by atoms with E-state index in [1.165, 1.54) is 66.8 Å². The van der Waals surface area contributed by atoms with E-state index in [9.17, 15) is 0 Å². The molecule has 3 heterocycles. The van der Waals surface area contributed by atoms with Gasteiger partial charge in [-0.1, -0.05) is 180 Å². The molecule has 5 heteroatoms. The largest absolute Gasteiger partial charge is 0.391 e. The third-order valence-electron chi connectivity index (χ3n) is 14.4. The van der Waals surface area contributed by atoms with E-state index in [0.29, 0.717) is 0 Å². The van der Waals surface area contributed by atoms with Crippen LogP contribution in [-0.2, 0) is 60.6 Å². The second-order valence-electron chi connectivity index (χ2n) is 22.9. The Kier molecular flexibility index (Phi) is 11.0. The Morgan fingerprint density at radius 1 is 0.522 bits per heavy atom. The van der Waals surface area contributed by atoms with Crippen molar-refractivity contribution in [3.8, 4) is 27.9 Å². The molecular weight excluding hydrogens is 996 g/mol. The fourth-order valence-electron chi connectivity index (χ4n) is 10.7. The van der Waals surface area contributed by atoms with E-state index in [0.717, 1.165) is 28.2 Å². The average molecular weight is 1060 g/mol. The number of benzene rings is 5. The molecule has 0 radical (unpaired) electrons. The van der Waals surface area contributed by atoms with Crippen molar-refractivity contribution in [2.24, 2.45) is 7.05 Å². The fourth-order valence-corrected chi connectivity index (χ4v) is 10.7. The SMILES string of the molecule is C[n+]1[c-]n(-c2[c-]c(C3(c4cccc(C5(c6[c-]ccnc6)c6cc(C(C)(C)C)ccc6-c6ccc(C(C)(C)C)cc65)n4)c4cc(C(C)(C)C)ccc4-c4ccc(C(C)(C)C)cc43)ccc2)cc1.[Pt]. The van der Waals surface area contributed by atoms with Gasteiger partial charge >= 0.3 is 0 Å². The van der Waals surface area contributed by atoms with Gasteiger partial charge < -0.3 is 14.1 Å². The van der Waals surface area contributed by atoms with Crippen LogP contribution in [0.5, 0.6) is 0 Å². The molecule has 0 spiro atoms. The van der Waals surface area contributed by atoms with Crippen molar-refractivity contribution < 1.29 is 25.6 Å². The zero-order chi connectivity index (χ0) is 46.8. The number of rotatable bonds is 5. The summed E-state index contributed by atoms with van der Waals surface area (Å²) in [7, 11) is 2.01. The van der Waals surface area contributed by atoms with Crippen molar-refractivity contribution >= 4 is 0 Å². The fraction of sp³-hybridized carbons (Fsp3) is 0.306. The van der Waals surface area contributed by atoms with E-state index < -0.39 is 10.8 Å². The Labute approximate surface area is 413 Å². The molecule has 0 bridgehead atoms. The van der Waals surface area contributed by atoms with Crippen LogP contribution in [0, 0.1) is 18.5 Å². The van der Waals surface area contributed by atoms with E-state index in [1.54, 1.807) is 0 Å². The second-order valence-corrected chi connectivity index (χ2v) is 22.9. The standard InChI is InChI=1S/C62H62N4.Pt/c1-57(2,3)40-22-26-47-48-27-23-41(58(4,5)6)35-52(48)61(51(47)34-40,44-17-14-19-46(33-44)66-32-31-65(13)39-66)55-20-15-21-56(64-55)62(45-18-16-30-63-38-45)53-36-42(59(7,8)9)24-28-49(53)50-29-25-43(37-54(50)62)60(10,11)12;/h14-17,19-32,34-38H,1-13H3;/q-2;. The van der Waals surface area contributed by atoms with E-state index in [1.807, 2.05) is 47.0 Å². The molecule has 0 aliphatic heterocycles. The Bertz CT molecular complexity index is 3070. The summed E-state index contributed by atoms with van der Waals surface area (Å²) in [6.45, 7) is 27.7. The van der Waals surface area contributed by atoms with Crippen molar-refractivity contribution in [2.75, 3.05) is 0 Å². The van der Waals surface area contributed by atoms with Crippen LogP contribution in [0.1, 0.15) is 150 Å². The molecule has 0 fully saturated rings. The van der Waals surface area contributed by atoms with Gasteiger partial charge in [0.15, 0.2) is 0 Å². The molecule has 0 saturated carbocycles. The van der Waals surface area contributed by atoms with Crippen LogP contribution < -0.4 is 4.57 Å². The predicted molar refractivity (Wildman–Crippen MR) is 268 cm³/mol. The molecular formula is C62H62N4Pt-2. The Morgan fingerprint density at radius 2 is 0.940 bits per heavy atom. The first-order valence-corrected chi connectivity index (χ1v) is 23.5. The van der Waals surface area contributed by atoms with Gasteiger partial charge in [0, 0.05) is 33.5 Å². The summed E-state index contributed by atoms with van der Waals surface area (Å²) in [6.07, 6.45) is 11.4. The Morgan fingerprint density at radius 3 is 1.31 bits per heavy atom. The van der Waals surface area contributed by atoms with Gasteiger partial charge in [0.05, 0.1) is 29.3 Å². The van der Waals surface area contributed by atoms with Crippen molar-refractivity contribution in [1.29, 1.82) is 0 Å². The zero-order valence-electron chi connectivity index (χ0n) is 41.4. The third-order valence-corrected chi connectivity index (χ3v) is 14.4. The molecule has 0 unspecified atom stereocenters. The predicted octanol–water partition coefficient (Wildman–Crippen LogP) is 13.4. The van der Waals surface area contributed by atoms with Crippen LogP contribution in [0.15, 0.2) is 140 Å². The van der Waals surface area contributed by atoms with Crippen LogP contribution in [0.3, 0.4) is 0 Å². The minimum absolute atomic E-state index is 0. The number of hydrogen-bond donors (Lipinski definition) is 0. The summed E-state index contributed by atoms with van der Waals surface area (Å²) in [6, 6.07) is 51.7. The van der Waals surface area contributed by atoms with E-state index in [4.69, 9.17) is 9.97 Å². The summed E-state index contributed by atoms with van der Waals surface area (Å²) in [4.78, 5) is 11.1. The molecule has 10 rings (SSSR count). The van der Waals surface area contributed by atoms with Crippen LogP contribution in [-0.4, -0.2) is 14.5 Å². The average Bonchev–Trinajstić information content (AvgIpc) is 3.94.